The molecule has 0 bridgehead atoms. The highest BCUT2D eigenvalue weighted by Gasteiger charge is 2.23. The Balaban J connectivity index is 2.12. The normalized spacial score (nSPS) is 20.6. The van der Waals surface area contributed by atoms with E-state index in [-0.39, 0.29) is 4.90 Å². The average Bonchev–Trinajstić information content (AvgIpc) is 2.41. The van der Waals surface area contributed by atoms with Crippen molar-refractivity contribution >= 4 is 43.2 Å². The molecule has 0 aromatic heterocycles. The third kappa shape index (κ3) is 4.32. The molecule has 1 heterocycles. The Hall–Kier alpha value is -0.340. The van der Waals surface area contributed by atoms with Crippen LogP contribution in [0.5, 0.6) is 0 Å². The molecule has 21 heavy (non-hydrogen) atoms. The van der Waals surface area contributed by atoms with Gasteiger partial charge in [0, 0.05) is 23.8 Å². The molecule has 1 saturated heterocycles. The molecule has 0 spiro atoms. The van der Waals surface area contributed by atoms with Gasteiger partial charge in [-0.25, -0.2) is 13.1 Å². The zero-order valence-electron chi connectivity index (χ0n) is 11.8. The number of nitrogens with two attached hydrogens (primary N) is 1. The van der Waals surface area contributed by atoms with E-state index in [0.717, 1.165) is 25.9 Å². The molecular weight excluding hydrogens is 378 g/mol. The van der Waals surface area contributed by atoms with E-state index in [9.17, 15) is 8.42 Å². The van der Waals surface area contributed by atoms with Gasteiger partial charge in [0.25, 0.3) is 0 Å². The van der Waals surface area contributed by atoms with Gasteiger partial charge in [0.05, 0.1) is 9.37 Å². The van der Waals surface area contributed by atoms with Crippen LogP contribution in [-0.2, 0) is 10.0 Å². The number of nitrogens with one attached hydrogen (secondary N) is 1. The first-order chi connectivity index (χ1) is 9.79. The molecular formula is C13H19BrClN3O2S. The summed E-state index contributed by atoms with van der Waals surface area (Å²) < 4.78 is 27.8. The van der Waals surface area contributed by atoms with Crippen LogP contribution in [0.4, 0.5) is 5.69 Å². The Kier molecular flexibility index (Phi) is 5.54. The van der Waals surface area contributed by atoms with Gasteiger partial charge in [0.15, 0.2) is 0 Å². The van der Waals surface area contributed by atoms with E-state index in [2.05, 4.69) is 32.6 Å². The third-order valence-electron chi connectivity index (χ3n) is 3.61. The van der Waals surface area contributed by atoms with Crippen molar-refractivity contribution in [1.82, 2.24) is 9.62 Å². The molecule has 1 aliphatic rings. The summed E-state index contributed by atoms with van der Waals surface area (Å²) >= 11 is 9.11. The van der Waals surface area contributed by atoms with Crippen LogP contribution in [0.1, 0.15) is 12.8 Å². The second-order valence-corrected chi connectivity index (χ2v) is 8.39. The van der Waals surface area contributed by atoms with E-state index in [1.807, 2.05) is 0 Å². The molecule has 118 valence electrons. The van der Waals surface area contributed by atoms with Crippen molar-refractivity contribution in [3.8, 4) is 0 Å². The number of hydrogen-bond acceptors (Lipinski definition) is 4. The number of hydrogen-bond donors (Lipinski definition) is 2. The molecule has 1 aliphatic heterocycles. The Labute approximate surface area is 139 Å². The summed E-state index contributed by atoms with van der Waals surface area (Å²) in [6, 6.07) is 2.91. The number of likely N-dealkylation sites (tertiary alicyclic amines) is 1. The fourth-order valence-corrected chi connectivity index (χ4v) is 4.93. The highest BCUT2D eigenvalue weighted by Crippen LogP contribution is 2.31. The van der Waals surface area contributed by atoms with Gasteiger partial charge in [-0.2, -0.15) is 0 Å². The second-order valence-electron chi connectivity index (χ2n) is 5.43. The SMILES string of the molecule is CN1CCCC(CNS(=O)(=O)c2cc(Cl)cc(N)c2Br)C1. The quantitative estimate of drug-likeness (QED) is 0.766. The molecule has 8 heteroatoms. The van der Waals surface area contributed by atoms with Gasteiger partial charge in [0.1, 0.15) is 0 Å². The lowest BCUT2D eigenvalue weighted by Crippen LogP contribution is -2.39. The summed E-state index contributed by atoms with van der Waals surface area (Å²) in [6.45, 7) is 2.40. The first-order valence-corrected chi connectivity index (χ1v) is 9.38. The summed E-state index contributed by atoms with van der Waals surface area (Å²) in [5.74, 6) is 0.328. The van der Waals surface area contributed by atoms with Gasteiger partial charge < -0.3 is 10.6 Å². The Morgan fingerprint density at radius 3 is 2.90 bits per heavy atom. The van der Waals surface area contributed by atoms with Crippen LogP contribution in [0.15, 0.2) is 21.5 Å². The number of rotatable bonds is 4. The highest BCUT2D eigenvalue weighted by atomic mass is 79.9. The van der Waals surface area contributed by atoms with Gasteiger partial charge >= 0.3 is 0 Å². The highest BCUT2D eigenvalue weighted by molar-refractivity contribution is 9.10. The maximum Gasteiger partial charge on any atom is 0.241 e. The fourth-order valence-electron chi connectivity index (χ4n) is 2.53. The Morgan fingerprint density at radius 1 is 1.52 bits per heavy atom. The number of piperidine rings is 1. The van der Waals surface area contributed by atoms with Crippen molar-refractivity contribution in [3.05, 3.63) is 21.6 Å². The van der Waals surface area contributed by atoms with Crippen LogP contribution in [0, 0.1) is 5.92 Å². The molecule has 1 atom stereocenters. The van der Waals surface area contributed by atoms with Gasteiger partial charge in [-0.1, -0.05) is 11.6 Å². The minimum atomic E-state index is -3.63. The van der Waals surface area contributed by atoms with Crippen LogP contribution in [0.25, 0.3) is 0 Å². The number of nitrogens with zero attached hydrogens (tertiary/aromatic N) is 1. The summed E-state index contributed by atoms with van der Waals surface area (Å²) in [6.07, 6.45) is 2.13. The summed E-state index contributed by atoms with van der Waals surface area (Å²) in [7, 11) is -1.58. The predicted molar refractivity (Wildman–Crippen MR) is 89.0 cm³/mol. The molecule has 0 amide bonds. The largest absolute Gasteiger partial charge is 0.398 e. The summed E-state index contributed by atoms with van der Waals surface area (Å²) in [5, 5.41) is 0.300. The number of halogens is 2. The van der Waals surface area contributed by atoms with E-state index in [1.54, 1.807) is 0 Å². The van der Waals surface area contributed by atoms with E-state index in [4.69, 9.17) is 17.3 Å². The molecule has 2 rings (SSSR count). The summed E-state index contributed by atoms with van der Waals surface area (Å²) in [4.78, 5) is 2.30. The molecule has 1 aromatic rings. The van der Waals surface area contributed by atoms with Crippen molar-refractivity contribution in [2.75, 3.05) is 32.4 Å². The van der Waals surface area contributed by atoms with Crippen molar-refractivity contribution in [3.63, 3.8) is 0 Å². The van der Waals surface area contributed by atoms with Gasteiger partial charge in [-0.3, -0.25) is 0 Å². The molecule has 1 unspecified atom stereocenters. The minimum Gasteiger partial charge on any atom is -0.398 e. The monoisotopic (exact) mass is 395 g/mol. The molecule has 3 N–H and O–H groups in total. The van der Waals surface area contributed by atoms with Crippen molar-refractivity contribution in [2.45, 2.75) is 17.7 Å². The van der Waals surface area contributed by atoms with Crippen LogP contribution < -0.4 is 10.5 Å². The van der Waals surface area contributed by atoms with E-state index in [1.165, 1.54) is 12.1 Å². The number of sulfonamides is 1. The topological polar surface area (TPSA) is 75.4 Å². The molecule has 0 aliphatic carbocycles. The molecule has 1 aromatic carbocycles. The number of benzene rings is 1. The van der Waals surface area contributed by atoms with Crippen LogP contribution in [-0.4, -0.2) is 40.0 Å². The lowest BCUT2D eigenvalue weighted by Gasteiger charge is -2.29. The zero-order chi connectivity index (χ0) is 15.6. The standard InChI is InChI=1S/C13H19BrClN3O2S/c1-18-4-2-3-9(8-18)7-17-21(19,20)12-6-10(15)5-11(16)13(12)14/h5-6,9,17H,2-4,7-8,16H2,1H3. The van der Waals surface area contributed by atoms with Gasteiger partial charge in [-0.05, 0) is 60.4 Å². The molecule has 5 nitrogen and oxygen atoms in total. The first kappa shape index (κ1) is 17.0. The lowest BCUT2D eigenvalue weighted by molar-refractivity contribution is 0.211. The zero-order valence-corrected chi connectivity index (χ0v) is 14.9. The fraction of sp³-hybridized carbons (Fsp3) is 0.538. The molecule has 0 radical (unpaired) electrons. The summed E-state index contributed by atoms with van der Waals surface area (Å²) in [5.41, 5.74) is 6.05. The lowest BCUT2D eigenvalue weighted by atomic mass is 9.99. The van der Waals surface area contributed by atoms with Gasteiger partial charge in [-0.15, -0.1) is 0 Å². The predicted octanol–water partition coefficient (Wildman–Crippen LogP) is 2.30. The van der Waals surface area contributed by atoms with Crippen molar-refractivity contribution < 1.29 is 8.42 Å². The number of anilines is 1. The van der Waals surface area contributed by atoms with E-state index >= 15 is 0 Å². The minimum absolute atomic E-state index is 0.0802. The molecule has 1 fully saturated rings. The van der Waals surface area contributed by atoms with Crippen molar-refractivity contribution in [1.29, 1.82) is 0 Å². The average molecular weight is 397 g/mol. The van der Waals surface area contributed by atoms with Crippen LogP contribution >= 0.6 is 27.5 Å². The second kappa shape index (κ2) is 6.83. The maximum atomic E-state index is 12.4. The smallest absolute Gasteiger partial charge is 0.241 e. The number of nitrogen functional groups attached to an aromatic ring is 1. The van der Waals surface area contributed by atoms with E-state index in [0.29, 0.717) is 27.6 Å². The Morgan fingerprint density at radius 2 is 2.24 bits per heavy atom. The molecule has 0 saturated carbocycles. The first-order valence-electron chi connectivity index (χ1n) is 6.72. The van der Waals surface area contributed by atoms with Gasteiger partial charge in [0.2, 0.25) is 10.0 Å². The Bertz CT molecular complexity index is 624. The third-order valence-corrected chi connectivity index (χ3v) is 6.42. The van der Waals surface area contributed by atoms with Crippen molar-refractivity contribution in [2.24, 2.45) is 5.92 Å². The van der Waals surface area contributed by atoms with E-state index < -0.39 is 10.0 Å². The van der Waals surface area contributed by atoms with Crippen LogP contribution in [0.2, 0.25) is 5.02 Å². The van der Waals surface area contributed by atoms with Crippen LogP contribution in [0.3, 0.4) is 0 Å². The maximum absolute atomic E-state index is 12.4.